The highest BCUT2D eigenvalue weighted by molar-refractivity contribution is 5.34. The molecule has 4 rings (SSSR count). The maximum absolute atomic E-state index is 6.23. The number of hydrogen-bond acceptors (Lipinski definition) is 2. The summed E-state index contributed by atoms with van der Waals surface area (Å²) < 4.78 is 6.23. The van der Waals surface area contributed by atoms with Gasteiger partial charge < -0.3 is 10.1 Å². The fourth-order valence-electron chi connectivity index (χ4n) is 4.73. The molecule has 2 nitrogen and oxygen atoms in total. The number of fused-ring (bicyclic) bond motifs is 1. The molecular weight excluding hydrogens is 258 g/mol. The summed E-state index contributed by atoms with van der Waals surface area (Å²) in [5, 5.41) is 3.97. The predicted octanol–water partition coefficient (Wildman–Crippen LogP) is 4.15. The maximum atomic E-state index is 6.23. The minimum atomic E-state index is 0.215. The molecule has 0 amide bonds. The van der Waals surface area contributed by atoms with Crippen LogP contribution in [0.5, 0.6) is 0 Å². The van der Waals surface area contributed by atoms with Crippen molar-refractivity contribution in [2.45, 2.75) is 75.5 Å². The first-order chi connectivity index (χ1) is 10.3. The Hall–Kier alpha value is -0.860. The average Bonchev–Trinajstić information content (AvgIpc) is 2.92. The van der Waals surface area contributed by atoms with E-state index in [0.717, 1.165) is 6.61 Å². The van der Waals surface area contributed by atoms with Crippen molar-refractivity contribution in [3.8, 4) is 0 Å². The molecule has 0 radical (unpaired) electrons. The number of nitrogens with one attached hydrogen (secondary N) is 1. The number of hydrogen-bond donors (Lipinski definition) is 1. The molecule has 2 aliphatic carbocycles. The topological polar surface area (TPSA) is 21.3 Å². The third-order valence-corrected chi connectivity index (χ3v) is 5.83. The summed E-state index contributed by atoms with van der Waals surface area (Å²) in [7, 11) is 0. The molecule has 3 aliphatic rings. The van der Waals surface area contributed by atoms with E-state index in [1.54, 1.807) is 11.1 Å². The summed E-state index contributed by atoms with van der Waals surface area (Å²) >= 11 is 0. The van der Waals surface area contributed by atoms with Gasteiger partial charge in [-0.2, -0.15) is 0 Å². The second kappa shape index (κ2) is 5.73. The van der Waals surface area contributed by atoms with Gasteiger partial charge in [0.1, 0.15) is 0 Å². The molecule has 2 fully saturated rings. The zero-order valence-electron chi connectivity index (χ0n) is 12.9. The second-order valence-corrected chi connectivity index (χ2v) is 7.24. The summed E-state index contributed by atoms with van der Waals surface area (Å²) in [6.07, 6.45) is 11.6. The Morgan fingerprint density at radius 1 is 1.05 bits per heavy atom. The normalized spacial score (nSPS) is 31.2. The first-order valence-electron chi connectivity index (χ1n) is 8.83. The van der Waals surface area contributed by atoms with Crippen molar-refractivity contribution in [3.63, 3.8) is 0 Å². The monoisotopic (exact) mass is 285 g/mol. The molecule has 21 heavy (non-hydrogen) atoms. The molecule has 2 unspecified atom stereocenters. The lowest BCUT2D eigenvalue weighted by molar-refractivity contribution is -0.110. The van der Waals surface area contributed by atoms with Crippen LogP contribution < -0.4 is 5.32 Å². The van der Waals surface area contributed by atoms with Crippen molar-refractivity contribution >= 4 is 0 Å². The minimum Gasteiger partial charge on any atom is -0.375 e. The Kier molecular flexibility index (Phi) is 3.76. The molecule has 1 saturated carbocycles. The van der Waals surface area contributed by atoms with Crippen molar-refractivity contribution in [1.29, 1.82) is 0 Å². The molecular formula is C19H27NO. The van der Waals surface area contributed by atoms with Gasteiger partial charge in [-0.1, -0.05) is 43.5 Å². The van der Waals surface area contributed by atoms with E-state index in [9.17, 15) is 0 Å². The SMILES string of the molecule is c1ccc2c(c1)CCC2NC1CCOC2(CCCCC2)C1. The lowest BCUT2D eigenvalue weighted by atomic mass is 9.78. The van der Waals surface area contributed by atoms with E-state index < -0.39 is 0 Å². The Morgan fingerprint density at radius 2 is 1.90 bits per heavy atom. The van der Waals surface area contributed by atoms with E-state index >= 15 is 0 Å². The van der Waals surface area contributed by atoms with Crippen molar-refractivity contribution in [1.82, 2.24) is 5.32 Å². The third kappa shape index (κ3) is 2.76. The molecule has 1 aromatic carbocycles. The van der Waals surface area contributed by atoms with Gasteiger partial charge in [-0.25, -0.2) is 0 Å². The second-order valence-electron chi connectivity index (χ2n) is 7.24. The third-order valence-electron chi connectivity index (χ3n) is 5.83. The Bertz CT molecular complexity index is 487. The first-order valence-corrected chi connectivity index (χ1v) is 8.83. The Morgan fingerprint density at radius 3 is 2.81 bits per heavy atom. The lowest BCUT2D eigenvalue weighted by Gasteiger charge is -2.44. The summed E-state index contributed by atoms with van der Waals surface area (Å²) in [6.45, 7) is 0.950. The van der Waals surface area contributed by atoms with Gasteiger partial charge in [0.15, 0.2) is 0 Å². The van der Waals surface area contributed by atoms with Crippen molar-refractivity contribution in [3.05, 3.63) is 35.4 Å². The zero-order chi connectivity index (χ0) is 14.1. The summed E-state index contributed by atoms with van der Waals surface area (Å²) in [5.74, 6) is 0. The van der Waals surface area contributed by atoms with Crippen LogP contribution in [0.15, 0.2) is 24.3 Å². The van der Waals surface area contributed by atoms with Crippen molar-refractivity contribution < 1.29 is 4.74 Å². The Balaban J connectivity index is 1.43. The standard InChI is InChI=1S/C19H27NO/c1-4-11-19(12-5-1)14-16(10-13-21-19)20-18-9-8-15-6-2-3-7-17(15)18/h2-3,6-7,16,18,20H,1,4-5,8-14H2. The van der Waals surface area contributed by atoms with E-state index in [4.69, 9.17) is 4.74 Å². The van der Waals surface area contributed by atoms with Crippen LogP contribution in [0.25, 0.3) is 0 Å². The molecule has 1 heterocycles. The van der Waals surface area contributed by atoms with E-state index in [2.05, 4.69) is 29.6 Å². The van der Waals surface area contributed by atoms with E-state index in [1.807, 2.05) is 0 Å². The molecule has 1 N–H and O–H groups in total. The smallest absolute Gasteiger partial charge is 0.0697 e. The molecule has 1 aliphatic heterocycles. The molecule has 0 aromatic heterocycles. The van der Waals surface area contributed by atoms with Gasteiger partial charge in [-0.15, -0.1) is 0 Å². The highest BCUT2D eigenvalue weighted by Gasteiger charge is 2.39. The van der Waals surface area contributed by atoms with Crippen LogP contribution in [0.4, 0.5) is 0 Å². The fourth-order valence-corrected chi connectivity index (χ4v) is 4.73. The minimum absolute atomic E-state index is 0.215. The average molecular weight is 285 g/mol. The maximum Gasteiger partial charge on any atom is 0.0697 e. The van der Waals surface area contributed by atoms with Crippen molar-refractivity contribution in [2.75, 3.05) is 6.61 Å². The van der Waals surface area contributed by atoms with Crippen molar-refractivity contribution in [2.24, 2.45) is 0 Å². The highest BCUT2D eigenvalue weighted by atomic mass is 16.5. The van der Waals surface area contributed by atoms with Gasteiger partial charge >= 0.3 is 0 Å². The van der Waals surface area contributed by atoms with Crippen LogP contribution in [-0.4, -0.2) is 18.2 Å². The highest BCUT2D eigenvalue weighted by Crippen LogP contribution is 2.40. The molecule has 114 valence electrons. The largest absolute Gasteiger partial charge is 0.375 e. The van der Waals surface area contributed by atoms with Crippen LogP contribution >= 0.6 is 0 Å². The molecule has 2 atom stereocenters. The lowest BCUT2D eigenvalue weighted by Crippen LogP contribution is -2.48. The number of ether oxygens (including phenoxy) is 1. The van der Waals surface area contributed by atoms with E-state index in [-0.39, 0.29) is 5.60 Å². The molecule has 2 heteroatoms. The predicted molar refractivity (Wildman–Crippen MR) is 85.4 cm³/mol. The van der Waals surface area contributed by atoms with E-state index in [1.165, 1.54) is 57.8 Å². The fraction of sp³-hybridized carbons (Fsp3) is 0.684. The summed E-state index contributed by atoms with van der Waals surface area (Å²) in [6, 6.07) is 10.2. The van der Waals surface area contributed by atoms with Gasteiger partial charge in [-0.05, 0) is 49.7 Å². The number of rotatable bonds is 2. The number of benzene rings is 1. The molecule has 0 bridgehead atoms. The van der Waals surface area contributed by atoms with Crippen LogP contribution in [-0.2, 0) is 11.2 Å². The summed E-state index contributed by atoms with van der Waals surface area (Å²) in [5.41, 5.74) is 3.31. The van der Waals surface area contributed by atoms with Gasteiger partial charge in [0.25, 0.3) is 0 Å². The van der Waals surface area contributed by atoms with Crippen LogP contribution in [0.3, 0.4) is 0 Å². The Labute approximate surface area is 128 Å². The number of aryl methyl sites for hydroxylation is 1. The molecule has 1 aromatic rings. The van der Waals surface area contributed by atoms with Gasteiger partial charge in [0.2, 0.25) is 0 Å². The first kappa shape index (κ1) is 13.8. The molecule has 1 saturated heterocycles. The van der Waals surface area contributed by atoms with Crippen LogP contribution in [0, 0.1) is 0 Å². The van der Waals surface area contributed by atoms with Gasteiger partial charge in [0, 0.05) is 18.7 Å². The van der Waals surface area contributed by atoms with E-state index in [0.29, 0.717) is 12.1 Å². The quantitative estimate of drug-likeness (QED) is 0.881. The van der Waals surface area contributed by atoms with Gasteiger partial charge in [0.05, 0.1) is 5.60 Å². The van der Waals surface area contributed by atoms with Crippen LogP contribution in [0.2, 0.25) is 0 Å². The summed E-state index contributed by atoms with van der Waals surface area (Å²) in [4.78, 5) is 0. The van der Waals surface area contributed by atoms with Crippen LogP contribution in [0.1, 0.15) is 68.5 Å². The molecule has 1 spiro atoms. The zero-order valence-corrected chi connectivity index (χ0v) is 12.9. The van der Waals surface area contributed by atoms with Gasteiger partial charge in [-0.3, -0.25) is 0 Å².